The second-order valence-corrected chi connectivity index (χ2v) is 6.16. The van der Waals surface area contributed by atoms with E-state index < -0.39 is 12.5 Å². The van der Waals surface area contributed by atoms with Crippen molar-refractivity contribution in [3.05, 3.63) is 47.8 Å². The number of aromatic nitrogens is 2. The number of benzene rings is 1. The molecule has 3 rings (SSSR count). The Morgan fingerprint density at radius 3 is 2.72 bits per heavy atom. The Hall–Kier alpha value is -2.48. The average molecular weight is 351 g/mol. The quantitative estimate of drug-likeness (QED) is 0.837. The second-order valence-electron chi connectivity index (χ2n) is 6.16. The normalized spacial score (nSPS) is 20.8. The number of halogens is 2. The first-order chi connectivity index (χ1) is 11.9. The van der Waals surface area contributed by atoms with Crippen LogP contribution in [0.15, 0.2) is 36.7 Å². The molecule has 8 heteroatoms. The van der Waals surface area contributed by atoms with Gasteiger partial charge in [-0.1, -0.05) is 12.1 Å². The van der Waals surface area contributed by atoms with E-state index in [0.717, 1.165) is 5.56 Å². The molecule has 1 amide bonds. The first-order valence-corrected chi connectivity index (χ1v) is 7.95. The Bertz CT molecular complexity index is 744. The lowest BCUT2D eigenvalue weighted by Crippen LogP contribution is -2.41. The Morgan fingerprint density at radius 1 is 1.40 bits per heavy atom. The van der Waals surface area contributed by atoms with Gasteiger partial charge in [0.05, 0.1) is 23.9 Å². The van der Waals surface area contributed by atoms with Gasteiger partial charge >= 0.3 is 6.61 Å². The number of alkyl halides is 2. The smallest absolute Gasteiger partial charge is 0.387 e. The number of hydrogen-bond donors (Lipinski definition) is 2. The van der Waals surface area contributed by atoms with Crippen LogP contribution < -0.4 is 10.1 Å². The summed E-state index contributed by atoms with van der Waals surface area (Å²) in [4.78, 5) is 12.6. The molecule has 1 saturated carbocycles. The molecule has 0 aliphatic heterocycles. The van der Waals surface area contributed by atoms with Crippen molar-refractivity contribution >= 4 is 5.91 Å². The van der Waals surface area contributed by atoms with E-state index in [1.54, 1.807) is 30.2 Å². The molecule has 1 aromatic carbocycles. The van der Waals surface area contributed by atoms with Crippen LogP contribution in [-0.4, -0.2) is 33.5 Å². The molecule has 1 atom stereocenters. The lowest BCUT2D eigenvalue weighted by atomic mass is 9.75. The summed E-state index contributed by atoms with van der Waals surface area (Å²) in [7, 11) is 1.77. The lowest BCUT2D eigenvalue weighted by molar-refractivity contribution is -0.0502. The molecular weight excluding hydrogens is 332 g/mol. The number of ether oxygens (including phenoxy) is 1. The van der Waals surface area contributed by atoms with Gasteiger partial charge in [-0.15, -0.1) is 0 Å². The molecule has 0 bridgehead atoms. The molecule has 1 aliphatic carbocycles. The number of nitrogens with one attached hydrogen (secondary N) is 1. The number of carbonyl (C=O) groups is 1. The number of amides is 1. The maximum absolute atomic E-state index is 12.6. The molecule has 0 spiro atoms. The fourth-order valence-corrected chi connectivity index (χ4v) is 3.05. The van der Waals surface area contributed by atoms with Crippen LogP contribution in [0.2, 0.25) is 0 Å². The van der Waals surface area contributed by atoms with Gasteiger partial charge in [0.2, 0.25) is 0 Å². The molecule has 1 fully saturated rings. The number of aliphatic hydroxyl groups is 1. The zero-order chi connectivity index (χ0) is 18.0. The van der Waals surface area contributed by atoms with E-state index >= 15 is 0 Å². The molecular formula is C17H19F2N3O3. The van der Waals surface area contributed by atoms with Gasteiger partial charge in [0.1, 0.15) is 5.75 Å². The largest absolute Gasteiger partial charge is 0.434 e. The molecule has 25 heavy (non-hydrogen) atoms. The highest BCUT2D eigenvalue weighted by Gasteiger charge is 2.36. The second kappa shape index (κ2) is 7.18. The van der Waals surface area contributed by atoms with Gasteiger partial charge in [-0.2, -0.15) is 13.9 Å². The summed E-state index contributed by atoms with van der Waals surface area (Å²) in [6.45, 7) is -3.01. The van der Waals surface area contributed by atoms with Gasteiger partial charge < -0.3 is 15.2 Å². The monoisotopic (exact) mass is 351 g/mol. The summed E-state index contributed by atoms with van der Waals surface area (Å²) >= 11 is 0. The Balaban J connectivity index is 1.81. The summed E-state index contributed by atoms with van der Waals surface area (Å²) in [5.41, 5.74) is 0.844. The third-order valence-electron chi connectivity index (χ3n) is 4.34. The lowest BCUT2D eigenvalue weighted by Gasteiger charge is -2.37. The molecule has 0 unspecified atom stereocenters. The highest BCUT2D eigenvalue weighted by Crippen LogP contribution is 2.38. The summed E-state index contributed by atoms with van der Waals surface area (Å²) in [6, 6.07) is 5.51. The van der Waals surface area contributed by atoms with E-state index in [-0.39, 0.29) is 29.4 Å². The maximum atomic E-state index is 12.6. The van der Waals surface area contributed by atoms with E-state index in [4.69, 9.17) is 0 Å². The Labute approximate surface area is 143 Å². The minimum absolute atomic E-state index is 0.0385. The Morgan fingerprint density at radius 2 is 2.12 bits per heavy atom. The zero-order valence-corrected chi connectivity index (χ0v) is 13.6. The summed E-state index contributed by atoms with van der Waals surface area (Å²) in [5, 5.41) is 16.6. The third kappa shape index (κ3) is 3.96. The van der Waals surface area contributed by atoms with Crippen LogP contribution in [0.25, 0.3) is 0 Å². The fourth-order valence-electron chi connectivity index (χ4n) is 3.05. The van der Waals surface area contributed by atoms with Crippen LogP contribution in [0, 0.1) is 5.92 Å². The van der Waals surface area contributed by atoms with Crippen molar-refractivity contribution in [1.29, 1.82) is 0 Å². The van der Waals surface area contributed by atoms with Crippen molar-refractivity contribution < 1.29 is 23.4 Å². The standard InChI is InChI=1S/C17H19F2N3O3/c1-22-9-11(8-20-22)15(10-6-12(23)7-10)21-16(24)13-4-2-3-5-14(13)25-17(18)19/h2-5,8-10,12,15,17,23H,6-7H2,1H3,(H,21,24)/t10?,12?,15-/m1/s1. The maximum Gasteiger partial charge on any atom is 0.387 e. The van der Waals surface area contributed by atoms with Crippen molar-refractivity contribution in [3.63, 3.8) is 0 Å². The number of carbonyl (C=O) groups excluding carboxylic acids is 1. The van der Waals surface area contributed by atoms with Crippen LogP contribution in [0.4, 0.5) is 8.78 Å². The molecule has 0 radical (unpaired) electrons. The summed E-state index contributed by atoms with van der Waals surface area (Å²) in [6.07, 6.45) is 4.19. The van der Waals surface area contributed by atoms with Crippen LogP contribution in [0.3, 0.4) is 0 Å². The SMILES string of the molecule is Cn1cc([C@H](NC(=O)c2ccccc2OC(F)F)C2CC(O)C2)cn1. The number of aliphatic hydroxyl groups excluding tert-OH is 1. The van der Waals surface area contributed by atoms with E-state index in [1.165, 1.54) is 18.2 Å². The highest BCUT2D eigenvalue weighted by molar-refractivity contribution is 5.97. The van der Waals surface area contributed by atoms with Crippen molar-refractivity contribution in [3.8, 4) is 5.75 Å². The summed E-state index contributed by atoms with van der Waals surface area (Å²) in [5.74, 6) is -0.619. The van der Waals surface area contributed by atoms with Crippen molar-refractivity contribution in [2.24, 2.45) is 13.0 Å². The Kier molecular flexibility index (Phi) is 4.98. The highest BCUT2D eigenvalue weighted by atomic mass is 19.3. The molecule has 134 valence electrons. The molecule has 1 aromatic heterocycles. The topological polar surface area (TPSA) is 76.4 Å². The molecule has 2 N–H and O–H groups in total. The van der Waals surface area contributed by atoms with Gasteiger partial charge in [0.25, 0.3) is 5.91 Å². The molecule has 2 aromatic rings. The molecule has 1 aliphatic rings. The number of aryl methyl sites for hydroxylation is 1. The van der Waals surface area contributed by atoms with E-state index in [9.17, 15) is 18.7 Å². The molecule has 1 heterocycles. The van der Waals surface area contributed by atoms with Crippen LogP contribution in [-0.2, 0) is 7.05 Å². The van der Waals surface area contributed by atoms with Gasteiger partial charge in [-0.3, -0.25) is 9.48 Å². The summed E-state index contributed by atoms with van der Waals surface area (Å²) < 4.78 is 31.1. The van der Waals surface area contributed by atoms with Crippen LogP contribution in [0.1, 0.15) is 34.8 Å². The van der Waals surface area contributed by atoms with E-state index in [1.807, 2.05) is 0 Å². The number of rotatable bonds is 6. The molecule has 0 saturated heterocycles. The van der Waals surface area contributed by atoms with E-state index in [2.05, 4.69) is 15.2 Å². The van der Waals surface area contributed by atoms with Crippen molar-refractivity contribution in [2.75, 3.05) is 0 Å². The van der Waals surface area contributed by atoms with Crippen molar-refractivity contribution in [2.45, 2.75) is 31.6 Å². The van der Waals surface area contributed by atoms with E-state index in [0.29, 0.717) is 12.8 Å². The van der Waals surface area contributed by atoms with Crippen LogP contribution in [0.5, 0.6) is 5.75 Å². The van der Waals surface area contributed by atoms with Gasteiger partial charge in [0, 0.05) is 18.8 Å². The first kappa shape index (κ1) is 17.3. The first-order valence-electron chi connectivity index (χ1n) is 7.95. The zero-order valence-electron chi connectivity index (χ0n) is 13.6. The fraction of sp³-hybridized carbons (Fsp3) is 0.412. The number of nitrogens with zero attached hydrogens (tertiary/aromatic N) is 2. The number of para-hydroxylation sites is 1. The predicted octanol–water partition coefficient (Wildman–Crippen LogP) is 2.26. The number of hydrogen-bond acceptors (Lipinski definition) is 4. The molecule has 6 nitrogen and oxygen atoms in total. The predicted molar refractivity (Wildman–Crippen MR) is 85.2 cm³/mol. The van der Waals surface area contributed by atoms with Gasteiger partial charge in [0.15, 0.2) is 0 Å². The third-order valence-corrected chi connectivity index (χ3v) is 4.34. The minimum atomic E-state index is -3.01. The average Bonchev–Trinajstić information content (AvgIpc) is 2.96. The van der Waals surface area contributed by atoms with Crippen molar-refractivity contribution in [1.82, 2.24) is 15.1 Å². The van der Waals surface area contributed by atoms with Gasteiger partial charge in [-0.05, 0) is 30.9 Å². The van der Waals surface area contributed by atoms with Crippen LogP contribution >= 0.6 is 0 Å². The minimum Gasteiger partial charge on any atom is -0.434 e. The van der Waals surface area contributed by atoms with Gasteiger partial charge in [-0.25, -0.2) is 0 Å².